The van der Waals surface area contributed by atoms with Gasteiger partial charge in [0, 0.05) is 29.6 Å². The molecule has 184 valence electrons. The third kappa shape index (κ3) is 5.37. The Kier molecular flexibility index (Phi) is 7.08. The van der Waals surface area contributed by atoms with E-state index in [9.17, 15) is 9.90 Å². The summed E-state index contributed by atoms with van der Waals surface area (Å²) in [5.74, 6) is 1.72. The van der Waals surface area contributed by atoms with E-state index in [1.807, 2.05) is 42.5 Å². The van der Waals surface area contributed by atoms with Crippen LogP contribution < -0.4 is 25.4 Å². The van der Waals surface area contributed by atoms with Crippen LogP contribution in [-0.4, -0.2) is 53.8 Å². The van der Waals surface area contributed by atoms with Gasteiger partial charge in [-0.2, -0.15) is 0 Å². The molecule has 0 aliphatic carbocycles. The molecule has 9 nitrogen and oxygen atoms in total. The Balaban J connectivity index is 1.35. The molecule has 2 aliphatic rings. The molecule has 0 radical (unpaired) electrons. The van der Waals surface area contributed by atoms with E-state index in [1.165, 1.54) is 0 Å². The molecule has 35 heavy (non-hydrogen) atoms. The van der Waals surface area contributed by atoms with Gasteiger partial charge in [-0.15, -0.1) is 0 Å². The van der Waals surface area contributed by atoms with Gasteiger partial charge < -0.3 is 30.5 Å². The van der Waals surface area contributed by atoms with Crippen molar-refractivity contribution in [2.75, 3.05) is 32.1 Å². The topological polar surface area (TPSA) is 118 Å². The molecule has 0 spiro atoms. The summed E-state index contributed by atoms with van der Waals surface area (Å²) in [5.41, 5.74) is 2.35. The van der Waals surface area contributed by atoms with Crippen molar-refractivity contribution < 1.29 is 19.4 Å². The van der Waals surface area contributed by atoms with Gasteiger partial charge in [-0.05, 0) is 56.5 Å². The normalized spacial score (nSPS) is 19.4. The Morgan fingerprint density at radius 2 is 2.14 bits per heavy atom. The Morgan fingerprint density at radius 1 is 1.23 bits per heavy atom. The van der Waals surface area contributed by atoms with Crippen molar-refractivity contribution in [3.05, 3.63) is 53.7 Å². The summed E-state index contributed by atoms with van der Waals surface area (Å²) in [6.45, 7) is 2.44. The Labute approximate surface area is 204 Å². The summed E-state index contributed by atoms with van der Waals surface area (Å²) in [7, 11) is 1.59. The van der Waals surface area contributed by atoms with Gasteiger partial charge in [0.15, 0.2) is 18.2 Å². The van der Waals surface area contributed by atoms with E-state index in [0.29, 0.717) is 36.3 Å². The molecule has 2 aliphatic heterocycles. The van der Waals surface area contributed by atoms with Crippen LogP contribution in [0.5, 0.6) is 11.6 Å². The molecule has 3 unspecified atom stereocenters. The van der Waals surface area contributed by atoms with Gasteiger partial charge in [-0.25, -0.2) is 9.97 Å². The van der Waals surface area contributed by atoms with E-state index < -0.39 is 6.10 Å². The minimum absolute atomic E-state index is 0.00974. The van der Waals surface area contributed by atoms with Gasteiger partial charge in [-0.3, -0.25) is 4.79 Å². The molecule has 1 fully saturated rings. The monoisotopic (exact) mass is 477 g/mol. The summed E-state index contributed by atoms with van der Waals surface area (Å²) in [5, 5.41) is 22.2. The first kappa shape index (κ1) is 23.5. The SMILES string of the molecule is COc1ccc2cccc(C(O)CC(NCc3ccc4c(n3)NC(=O)CO4)C3CCCNC3)c2n1. The molecule has 1 amide bonds. The maximum atomic E-state index is 11.7. The maximum Gasteiger partial charge on any atom is 0.263 e. The first-order chi connectivity index (χ1) is 17.1. The number of aliphatic hydroxyl groups is 1. The van der Waals surface area contributed by atoms with Gasteiger partial charge in [0.25, 0.3) is 5.91 Å². The molecular weight excluding hydrogens is 446 g/mol. The van der Waals surface area contributed by atoms with Crippen molar-refractivity contribution in [1.29, 1.82) is 0 Å². The largest absolute Gasteiger partial charge is 0.481 e. The van der Waals surface area contributed by atoms with Crippen LogP contribution in [0.15, 0.2) is 42.5 Å². The van der Waals surface area contributed by atoms with Crippen molar-refractivity contribution in [3.8, 4) is 11.6 Å². The number of ether oxygens (including phenoxy) is 2. The lowest BCUT2D eigenvalue weighted by Crippen LogP contribution is -2.44. The Bertz CT molecular complexity index is 1200. The number of methoxy groups -OCH3 is 1. The van der Waals surface area contributed by atoms with Gasteiger partial charge in [0.2, 0.25) is 5.88 Å². The van der Waals surface area contributed by atoms with Crippen molar-refractivity contribution in [2.24, 2.45) is 5.92 Å². The molecule has 3 aromatic rings. The van der Waals surface area contributed by atoms with Crippen molar-refractivity contribution in [1.82, 2.24) is 20.6 Å². The number of aromatic nitrogens is 2. The highest BCUT2D eigenvalue weighted by Gasteiger charge is 2.27. The van der Waals surface area contributed by atoms with Crippen LogP contribution in [-0.2, 0) is 11.3 Å². The zero-order valence-electron chi connectivity index (χ0n) is 19.8. The average molecular weight is 478 g/mol. The number of fused-ring (bicyclic) bond motifs is 2. The molecule has 0 bridgehead atoms. The zero-order valence-corrected chi connectivity index (χ0v) is 19.8. The summed E-state index contributed by atoms with van der Waals surface area (Å²) >= 11 is 0. The number of benzene rings is 1. The van der Waals surface area contributed by atoms with E-state index in [1.54, 1.807) is 7.11 Å². The summed E-state index contributed by atoms with van der Waals surface area (Å²) < 4.78 is 10.7. The van der Waals surface area contributed by atoms with Gasteiger partial charge in [-0.1, -0.05) is 18.2 Å². The number of amides is 1. The molecule has 4 heterocycles. The predicted octanol–water partition coefficient (Wildman–Crippen LogP) is 2.55. The molecule has 9 heteroatoms. The number of piperidine rings is 1. The smallest absolute Gasteiger partial charge is 0.263 e. The highest BCUT2D eigenvalue weighted by atomic mass is 16.5. The predicted molar refractivity (Wildman–Crippen MR) is 132 cm³/mol. The molecule has 3 atom stereocenters. The van der Waals surface area contributed by atoms with Crippen LogP contribution in [0.2, 0.25) is 0 Å². The number of nitrogens with one attached hydrogen (secondary N) is 3. The molecular formula is C26H31N5O4. The number of carbonyl (C=O) groups is 1. The summed E-state index contributed by atoms with van der Waals surface area (Å²) in [6.07, 6.45) is 2.03. The molecule has 1 aromatic carbocycles. The second-order valence-electron chi connectivity index (χ2n) is 9.10. The highest BCUT2D eigenvalue weighted by Crippen LogP contribution is 2.30. The molecule has 0 saturated carbocycles. The third-order valence-electron chi connectivity index (χ3n) is 6.75. The maximum absolute atomic E-state index is 11.7. The highest BCUT2D eigenvalue weighted by molar-refractivity contribution is 5.94. The fourth-order valence-electron chi connectivity index (χ4n) is 4.91. The lowest BCUT2D eigenvalue weighted by atomic mass is 9.86. The van der Waals surface area contributed by atoms with Crippen LogP contribution in [0.25, 0.3) is 10.9 Å². The van der Waals surface area contributed by atoms with E-state index >= 15 is 0 Å². The van der Waals surface area contributed by atoms with E-state index in [0.717, 1.165) is 48.1 Å². The quantitative estimate of drug-likeness (QED) is 0.391. The number of hydrogen-bond donors (Lipinski definition) is 4. The number of anilines is 1. The van der Waals surface area contributed by atoms with E-state index in [4.69, 9.17) is 9.47 Å². The van der Waals surface area contributed by atoms with E-state index in [-0.39, 0.29) is 18.6 Å². The standard InChI is InChI=1S/C26H31N5O4/c1-34-24-10-7-16-4-2-6-19(25(16)31-24)21(32)12-20(17-5-3-11-27-13-17)28-14-18-8-9-22-26(29-18)30-23(33)15-35-22/h2,4,6-10,17,20-21,27-28,32H,3,5,11-15H2,1H3,(H,29,30,33). The number of hydrogen-bond acceptors (Lipinski definition) is 8. The zero-order chi connectivity index (χ0) is 24.2. The third-order valence-corrected chi connectivity index (χ3v) is 6.75. The van der Waals surface area contributed by atoms with Crippen LogP contribution in [0.4, 0.5) is 5.82 Å². The number of pyridine rings is 2. The number of carbonyl (C=O) groups excluding carboxylic acids is 1. The van der Waals surface area contributed by atoms with Crippen molar-refractivity contribution >= 4 is 22.6 Å². The minimum Gasteiger partial charge on any atom is -0.481 e. The lowest BCUT2D eigenvalue weighted by molar-refractivity contribution is -0.118. The van der Waals surface area contributed by atoms with Crippen LogP contribution in [0, 0.1) is 5.92 Å². The molecule has 2 aromatic heterocycles. The first-order valence-corrected chi connectivity index (χ1v) is 12.1. The fourth-order valence-corrected chi connectivity index (χ4v) is 4.91. The molecule has 5 rings (SSSR count). The van der Waals surface area contributed by atoms with Gasteiger partial charge >= 0.3 is 0 Å². The fraction of sp³-hybridized carbons (Fsp3) is 0.423. The summed E-state index contributed by atoms with van der Waals surface area (Å²) in [4.78, 5) is 20.8. The van der Waals surface area contributed by atoms with Gasteiger partial charge in [0.1, 0.15) is 0 Å². The average Bonchev–Trinajstić information content (AvgIpc) is 2.90. The van der Waals surface area contributed by atoms with Gasteiger partial charge in [0.05, 0.1) is 24.4 Å². The number of rotatable bonds is 8. The number of nitrogens with zero attached hydrogens (tertiary/aromatic N) is 2. The second-order valence-corrected chi connectivity index (χ2v) is 9.10. The van der Waals surface area contributed by atoms with Crippen molar-refractivity contribution in [3.63, 3.8) is 0 Å². The van der Waals surface area contributed by atoms with Crippen LogP contribution in [0.1, 0.15) is 36.6 Å². The minimum atomic E-state index is -0.693. The number of para-hydroxylation sites is 1. The lowest BCUT2D eigenvalue weighted by Gasteiger charge is -2.33. The van der Waals surface area contributed by atoms with Crippen molar-refractivity contribution in [2.45, 2.75) is 38.0 Å². The second kappa shape index (κ2) is 10.6. The van der Waals surface area contributed by atoms with Crippen LogP contribution >= 0.6 is 0 Å². The van der Waals surface area contributed by atoms with E-state index in [2.05, 4.69) is 25.9 Å². The molecule has 4 N–H and O–H groups in total. The van der Waals surface area contributed by atoms with Crippen LogP contribution in [0.3, 0.4) is 0 Å². The Morgan fingerprint density at radius 3 is 2.97 bits per heavy atom. The first-order valence-electron chi connectivity index (χ1n) is 12.1. The number of aliphatic hydroxyl groups excluding tert-OH is 1. The Hall–Kier alpha value is -3.27. The summed E-state index contributed by atoms with van der Waals surface area (Å²) in [6, 6.07) is 13.5. The molecule has 1 saturated heterocycles.